The van der Waals surface area contributed by atoms with E-state index in [9.17, 15) is 4.79 Å². The number of amides is 1. The van der Waals surface area contributed by atoms with Crippen molar-refractivity contribution >= 4 is 17.8 Å². The van der Waals surface area contributed by atoms with Crippen LogP contribution in [0.4, 0.5) is 0 Å². The standard InChI is InChI=1S/C26H36N2O5.C2H2O4/c1-27(13-10-19-6-8-22(30-2)24(16-19)32-4)26(29)21-11-14-28(15-12-21)18-20-7-9-23(31-3)25(17-20)33-5;3-1(4)2(5)6/h6-9,16-17,21H,10-15,18H2,1-5H3;(H,3,4)(H,5,6). The Morgan fingerprint density at radius 1 is 0.795 bits per heavy atom. The number of aliphatic carboxylic acids is 2. The van der Waals surface area contributed by atoms with E-state index in [-0.39, 0.29) is 11.8 Å². The molecule has 0 aliphatic carbocycles. The number of methoxy groups -OCH3 is 4. The molecule has 2 aromatic rings. The first-order valence-electron chi connectivity index (χ1n) is 12.5. The minimum Gasteiger partial charge on any atom is -0.493 e. The largest absolute Gasteiger partial charge is 0.493 e. The van der Waals surface area contributed by atoms with E-state index in [0.717, 1.165) is 56.0 Å². The van der Waals surface area contributed by atoms with Gasteiger partial charge in [-0.2, -0.15) is 0 Å². The Hall–Kier alpha value is -3.99. The fourth-order valence-electron chi connectivity index (χ4n) is 4.33. The predicted octanol–water partition coefficient (Wildman–Crippen LogP) is 2.79. The van der Waals surface area contributed by atoms with Gasteiger partial charge >= 0.3 is 11.9 Å². The maximum Gasteiger partial charge on any atom is 0.414 e. The highest BCUT2D eigenvalue weighted by molar-refractivity contribution is 6.27. The van der Waals surface area contributed by atoms with Gasteiger partial charge in [-0.15, -0.1) is 0 Å². The van der Waals surface area contributed by atoms with Gasteiger partial charge in [0.1, 0.15) is 0 Å². The molecule has 0 saturated carbocycles. The van der Waals surface area contributed by atoms with E-state index >= 15 is 0 Å². The van der Waals surface area contributed by atoms with Crippen LogP contribution in [0.3, 0.4) is 0 Å². The molecule has 0 aromatic heterocycles. The van der Waals surface area contributed by atoms with E-state index in [1.165, 1.54) is 5.56 Å². The van der Waals surface area contributed by atoms with Gasteiger partial charge in [0.05, 0.1) is 28.4 Å². The normalized spacial score (nSPS) is 13.5. The van der Waals surface area contributed by atoms with Gasteiger partial charge in [0, 0.05) is 26.1 Å². The molecule has 0 bridgehead atoms. The molecule has 0 atom stereocenters. The number of likely N-dealkylation sites (tertiary alicyclic amines) is 1. The topological polar surface area (TPSA) is 135 Å². The first-order chi connectivity index (χ1) is 18.6. The van der Waals surface area contributed by atoms with Gasteiger partial charge in [0.15, 0.2) is 23.0 Å². The van der Waals surface area contributed by atoms with Crippen LogP contribution in [-0.4, -0.2) is 93.0 Å². The van der Waals surface area contributed by atoms with Gasteiger partial charge in [0.25, 0.3) is 0 Å². The first-order valence-corrected chi connectivity index (χ1v) is 12.5. The lowest BCUT2D eigenvalue weighted by Crippen LogP contribution is -2.41. The molecule has 1 aliphatic heterocycles. The molecule has 214 valence electrons. The maximum atomic E-state index is 13.0. The van der Waals surface area contributed by atoms with Crippen LogP contribution in [0, 0.1) is 5.92 Å². The minimum atomic E-state index is -1.82. The van der Waals surface area contributed by atoms with E-state index < -0.39 is 11.9 Å². The van der Waals surface area contributed by atoms with Gasteiger partial charge in [-0.3, -0.25) is 9.69 Å². The number of piperidine rings is 1. The SMILES string of the molecule is COc1ccc(CCN(C)C(=O)C2CCN(Cc3ccc(OC)c(OC)c3)CC2)cc1OC.O=C(O)C(=O)O. The molecule has 1 heterocycles. The third-order valence-corrected chi connectivity index (χ3v) is 6.53. The number of hydrogen-bond donors (Lipinski definition) is 2. The van der Waals surface area contributed by atoms with Crippen LogP contribution in [0.15, 0.2) is 36.4 Å². The Labute approximate surface area is 228 Å². The van der Waals surface area contributed by atoms with Crippen molar-refractivity contribution in [3.8, 4) is 23.0 Å². The molecule has 1 aliphatic rings. The number of benzene rings is 2. The Kier molecular flexibility index (Phi) is 12.4. The summed E-state index contributed by atoms with van der Waals surface area (Å²) in [5.41, 5.74) is 2.31. The number of carboxylic acids is 2. The molecule has 1 saturated heterocycles. The average Bonchev–Trinajstić information content (AvgIpc) is 2.95. The average molecular weight is 547 g/mol. The van der Waals surface area contributed by atoms with Crippen LogP contribution in [0.5, 0.6) is 23.0 Å². The number of likely N-dealkylation sites (N-methyl/N-ethyl adjacent to an activating group) is 1. The third-order valence-electron chi connectivity index (χ3n) is 6.53. The monoisotopic (exact) mass is 546 g/mol. The van der Waals surface area contributed by atoms with Gasteiger partial charge in [-0.05, 0) is 67.7 Å². The first kappa shape index (κ1) is 31.2. The summed E-state index contributed by atoms with van der Waals surface area (Å²) >= 11 is 0. The maximum absolute atomic E-state index is 13.0. The van der Waals surface area contributed by atoms with Crippen molar-refractivity contribution in [3.05, 3.63) is 47.5 Å². The summed E-state index contributed by atoms with van der Waals surface area (Å²) in [4.78, 5) is 35.5. The van der Waals surface area contributed by atoms with Crippen LogP contribution in [0.1, 0.15) is 24.0 Å². The second-order valence-electron chi connectivity index (χ2n) is 9.05. The Morgan fingerprint density at radius 2 is 1.26 bits per heavy atom. The molecule has 2 aromatic carbocycles. The molecule has 1 amide bonds. The van der Waals surface area contributed by atoms with E-state index in [1.807, 2.05) is 42.3 Å². The molecular weight excluding hydrogens is 508 g/mol. The number of rotatable bonds is 10. The van der Waals surface area contributed by atoms with E-state index in [1.54, 1.807) is 28.4 Å². The highest BCUT2D eigenvalue weighted by Gasteiger charge is 2.27. The number of ether oxygens (including phenoxy) is 4. The molecule has 11 nitrogen and oxygen atoms in total. The lowest BCUT2D eigenvalue weighted by molar-refractivity contribution is -0.159. The Morgan fingerprint density at radius 3 is 1.72 bits per heavy atom. The molecule has 0 spiro atoms. The highest BCUT2D eigenvalue weighted by atomic mass is 16.5. The summed E-state index contributed by atoms with van der Waals surface area (Å²) in [5.74, 6) is -0.414. The number of nitrogens with zero attached hydrogens (tertiary/aromatic N) is 2. The van der Waals surface area contributed by atoms with Crippen LogP contribution in [-0.2, 0) is 27.3 Å². The second-order valence-corrected chi connectivity index (χ2v) is 9.05. The van der Waals surface area contributed by atoms with Crippen LogP contribution < -0.4 is 18.9 Å². The third kappa shape index (κ3) is 9.36. The van der Waals surface area contributed by atoms with E-state index in [4.69, 9.17) is 38.7 Å². The molecule has 11 heteroatoms. The Balaban J connectivity index is 0.000000798. The number of carbonyl (C=O) groups is 3. The lowest BCUT2D eigenvalue weighted by atomic mass is 9.95. The zero-order valence-electron chi connectivity index (χ0n) is 23.1. The zero-order valence-corrected chi connectivity index (χ0v) is 23.1. The second kappa shape index (κ2) is 15.4. The molecule has 3 rings (SSSR count). The summed E-state index contributed by atoms with van der Waals surface area (Å²) in [5, 5.41) is 14.8. The highest BCUT2D eigenvalue weighted by Crippen LogP contribution is 2.30. The fraction of sp³-hybridized carbons (Fsp3) is 0.464. The molecule has 0 radical (unpaired) electrons. The van der Waals surface area contributed by atoms with Crippen molar-refractivity contribution in [2.75, 3.05) is 55.1 Å². The van der Waals surface area contributed by atoms with Gasteiger partial charge in [0.2, 0.25) is 5.91 Å². The lowest BCUT2D eigenvalue weighted by Gasteiger charge is -2.33. The summed E-state index contributed by atoms with van der Waals surface area (Å²) in [6.45, 7) is 3.35. The van der Waals surface area contributed by atoms with Gasteiger partial charge in [-0.25, -0.2) is 9.59 Å². The van der Waals surface area contributed by atoms with Crippen molar-refractivity contribution in [3.63, 3.8) is 0 Å². The van der Waals surface area contributed by atoms with E-state index in [2.05, 4.69) is 11.0 Å². The van der Waals surface area contributed by atoms with Crippen LogP contribution in [0.25, 0.3) is 0 Å². The van der Waals surface area contributed by atoms with Crippen molar-refractivity contribution in [1.82, 2.24) is 9.80 Å². The zero-order chi connectivity index (χ0) is 28.9. The van der Waals surface area contributed by atoms with E-state index in [0.29, 0.717) is 18.0 Å². The van der Waals surface area contributed by atoms with Crippen molar-refractivity contribution in [2.24, 2.45) is 5.92 Å². The minimum absolute atomic E-state index is 0.0852. The number of carboxylic acid groups (broad SMARTS) is 2. The quantitative estimate of drug-likeness (QED) is 0.428. The Bertz CT molecular complexity index is 1100. The van der Waals surface area contributed by atoms with Gasteiger partial charge in [-0.1, -0.05) is 12.1 Å². The van der Waals surface area contributed by atoms with Crippen LogP contribution in [0.2, 0.25) is 0 Å². The van der Waals surface area contributed by atoms with Crippen LogP contribution >= 0.6 is 0 Å². The summed E-state index contributed by atoms with van der Waals surface area (Å²) in [6.07, 6.45) is 2.54. The molecule has 0 unspecified atom stereocenters. The summed E-state index contributed by atoms with van der Waals surface area (Å²) < 4.78 is 21.4. The predicted molar refractivity (Wildman–Crippen MR) is 144 cm³/mol. The summed E-state index contributed by atoms with van der Waals surface area (Å²) in [6, 6.07) is 11.9. The van der Waals surface area contributed by atoms with Gasteiger partial charge < -0.3 is 34.1 Å². The summed E-state index contributed by atoms with van der Waals surface area (Å²) in [7, 11) is 8.46. The molecule has 1 fully saturated rings. The molecular formula is C28H38N2O9. The van der Waals surface area contributed by atoms with Crippen molar-refractivity contribution < 1.29 is 43.5 Å². The fourth-order valence-corrected chi connectivity index (χ4v) is 4.33. The molecule has 39 heavy (non-hydrogen) atoms. The number of carbonyl (C=O) groups excluding carboxylic acids is 1. The van der Waals surface area contributed by atoms with Crippen molar-refractivity contribution in [2.45, 2.75) is 25.8 Å². The van der Waals surface area contributed by atoms with Crippen molar-refractivity contribution in [1.29, 1.82) is 0 Å². The molecule has 2 N–H and O–H groups in total. The smallest absolute Gasteiger partial charge is 0.414 e. The number of hydrogen-bond acceptors (Lipinski definition) is 8.